The second-order valence-electron chi connectivity index (χ2n) is 2.69. The van der Waals surface area contributed by atoms with Crippen molar-refractivity contribution < 1.29 is 9.53 Å². The van der Waals surface area contributed by atoms with E-state index in [4.69, 9.17) is 4.74 Å². The minimum absolute atomic E-state index is 0.170. The highest BCUT2D eigenvalue weighted by Gasteiger charge is 2.16. The molecule has 0 aliphatic heterocycles. The van der Waals surface area contributed by atoms with Crippen LogP contribution in [0.25, 0.3) is 0 Å². The lowest BCUT2D eigenvalue weighted by Gasteiger charge is -2.19. The Bertz CT molecular complexity index is 114. The van der Waals surface area contributed by atoms with E-state index >= 15 is 0 Å². The van der Waals surface area contributed by atoms with Crippen molar-refractivity contribution in [3.05, 3.63) is 6.10 Å². The number of hydrogen-bond donors (Lipinski definition) is 0. The van der Waals surface area contributed by atoms with Crippen LogP contribution in [0.5, 0.6) is 0 Å². The van der Waals surface area contributed by atoms with Crippen molar-refractivity contribution in [2.45, 2.75) is 39.0 Å². The molecular weight excluding hydrogens is 128 g/mol. The maximum absolute atomic E-state index is 10.5. The zero-order valence-electron chi connectivity index (χ0n) is 6.35. The van der Waals surface area contributed by atoms with Gasteiger partial charge in [0.15, 0.2) is 6.10 Å². The summed E-state index contributed by atoms with van der Waals surface area (Å²) in [6, 6.07) is 0. The second-order valence-corrected chi connectivity index (χ2v) is 2.69. The fraction of sp³-hybridized carbons (Fsp3) is 0.750. The van der Waals surface area contributed by atoms with Gasteiger partial charge in [-0.15, -0.1) is 0 Å². The summed E-state index contributed by atoms with van der Waals surface area (Å²) in [5.74, 6) is -0.170. The second kappa shape index (κ2) is 3.59. The highest BCUT2D eigenvalue weighted by atomic mass is 16.5. The van der Waals surface area contributed by atoms with E-state index in [0.717, 1.165) is 18.9 Å². The molecule has 0 aromatic heterocycles. The highest BCUT2D eigenvalue weighted by molar-refractivity contribution is 5.66. The Labute approximate surface area is 61.6 Å². The average molecular weight is 141 g/mol. The Morgan fingerprint density at radius 3 is 2.40 bits per heavy atom. The first-order chi connectivity index (χ1) is 4.79. The van der Waals surface area contributed by atoms with E-state index in [0.29, 0.717) is 0 Å². The molecule has 57 valence electrons. The number of rotatable bonds is 1. The molecule has 10 heavy (non-hydrogen) atoms. The Kier molecular flexibility index (Phi) is 2.72. The molecule has 0 N–H and O–H groups in total. The third-order valence-electron chi connectivity index (χ3n) is 1.70. The zero-order chi connectivity index (χ0) is 7.40. The Morgan fingerprint density at radius 1 is 1.30 bits per heavy atom. The topological polar surface area (TPSA) is 26.3 Å². The van der Waals surface area contributed by atoms with Crippen LogP contribution in [0.15, 0.2) is 0 Å². The van der Waals surface area contributed by atoms with E-state index in [1.807, 2.05) is 0 Å². The standard InChI is InChI=1S/C8H13O2/c1-7(9)10-8-5-3-2-4-6-8/h2-6H2,1H3. The molecule has 1 fully saturated rings. The molecule has 0 aromatic rings. The molecule has 2 nitrogen and oxygen atoms in total. The van der Waals surface area contributed by atoms with Gasteiger partial charge in [-0.05, 0) is 25.7 Å². The van der Waals surface area contributed by atoms with Crippen LogP contribution >= 0.6 is 0 Å². The predicted octanol–water partition coefficient (Wildman–Crippen LogP) is 2.05. The van der Waals surface area contributed by atoms with Crippen LogP contribution in [0.2, 0.25) is 0 Å². The van der Waals surface area contributed by atoms with Crippen LogP contribution < -0.4 is 0 Å². The van der Waals surface area contributed by atoms with E-state index in [2.05, 4.69) is 0 Å². The lowest BCUT2D eigenvalue weighted by molar-refractivity contribution is -0.140. The van der Waals surface area contributed by atoms with Crippen molar-refractivity contribution in [3.8, 4) is 0 Å². The fourth-order valence-electron chi connectivity index (χ4n) is 1.25. The molecule has 1 aliphatic carbocycles. The van der Waals surface area contributed by atoms with Gasteiger partial charge in [0, 0.05) is 6.92 Å². The van der Waals surface area contributed by atoms with Crippen molar-refractivity contribution in [3.63, 3.8) is 0 Å². The van der Waals surface area contributed by atoms with E-state index in [-0.39, 0.29) is 5.97 Å². The first-order valence-corrected chi connectivity index (χ1v) is 3.82. The number of ether oxygens (including phenoxy) is 1. The smallest absolute Gasteiger partial charge is 0.303 e. The van der Waals surface area contributed by atoms with E-state index in [1.54, 1.807) is 0 Å². The van der Waals surface area contributed by atoms with Crippen molar-refractivity contribution in [1.29, 1.82) is 0 Å². The minimum atomic E-state index is -0.170. The van der Waals surface area contributed by atoms with Gasteiger partial charge < -0.3 is 4.74 Å². The Hall–Kier alpha value is -0.530. The molecule has 1 saturated carbocycles. The van der Waals surface area contributed by atoms with Gasteiger partial charge in [0.1, 0.15) is 0 Å². The van der Waals surface area contributed by atoms with Crippen molar-refractivity contribution in [2.75, 3.05) is 0 Å². The maximum atomic E-state index is 10.5. The number of hydrogen-bond acceptors (Lipinski definition) is 2. The lowest BCUT2D eigenvalue weighted by Crippen LogP contribution is -2.11. The summed E-state index contributed by atoms with van der Waals surface area (Å²) < 4.78 is 4.97. The monoisotopic (exact) mass is 141 g/mol. The SMILES string of the molecule is CC(=O)O[C]1CCCCC1. The summed E-state index contributed by atoms with van der Waals surface area (Å²) in [6.45, 7) is 1.46. The van der Waals surface area contributed by atoms with Crippen LogP contribution in [0.4, 0.5) is 0 Å². The summed E-state index contributed by atoms with van der Waals surface area (Å²) in [5, 5.41) is 0. The molecule has 0 amide bonds. The van der Waals surface area contributed by atoms with Crippen LogP contribution in [0, 0.1) is 6.10 Å². The van der Waals surface area contributed by atoms with E-state index in [9.17, 15) is 4.79 Å². The van der Waals surface area contributed by atoms with Gasteiger partial charge in [-0.2, -0.15) is 0 Å². The van der Waals surface area contributed by atoms with E-state index < -0.39 is 0 Å². The first kappa shape index (κ1) is 7.58. The molecule has 0 atom stereocenters. The van der Waals surface area contributed by atoms with Gasteiger partial charge in [-0.1, -0.05) is 6.42 Å². The van der Waals surface area contributed by atoms with Crippen LogP contribution in [-0.2, 0) is 9.53 Å². The van der Waals surface area contributed by atoms with Crippen LogP contribution in [0.3, 0.4) is 0 Å². The quantitative estimate of drug-likeness (QED) is 0.522. The average Bonchev–Trinajstić information content (AvgIpc) is 1.88. The molecule has 1 radical (unpaired) electrons. The molecule has 0 aromatic carbocycles. The van der Waals surface area contributed by atoms with Gasteiger partial charge in [0.05, 0.1) is 0 Å². The fourth-order valence-corrected chi connectivity index (χ4v) is 1.25. The molecule has 1 rings (SSSR count). The summed E-state index contributed by atoms with van der Waals surface area (Å²) in [4.78, 5) is 10.5. The van der Waals surface area contributed by atoms with Crippen molar-refractivity contribution in [2.24, 2.45) is 0 Å². The van der Waals surface area contributed by atoms with Gasteiger partial charge in [0.2, 0.25) is 0 Å². The minimum Gasteiger partial charge on any atom is -0.455 e. The van der Waals surface area contributed by atoms with E-state index in [1.165, 1.54) is 26.2 Å². The largest absolute Gasteiger partial charge is 0.455 e. The Morgan fingerprint density at radius 2 is 1.90 bits per heavy atom. The Balaban J connectivity index is 2.19. The van der Waals surface area contributed by atoms with Gasteiger partial charge in [-0.3, -0.25) is 4.79 Å². The molecule has 0 heterocycles. The third kappa shape index (κ3) is 2.38. The molecule has 0 bridgehead atoms. The number of carbonyl (C=O) groups excluding carboxylic acids is 1. The van der Waals surface area contributed by atoms with Gasteiger partial charge in [-0.25, -0.2) is 0 Å². The predicted molar refractivity (Wildman–Crippen MR) is 38.1 cm³/mol. The van der Waals surface area contributed by atoms with Crippen molar-refractivity contribution in [1.82, 2.24) is 0 Å². The van der Waals surface area contributed by atoms with Gasteiger partial charge >= 0.3 is 5.97 Å². The lowest BCUT2D eigenvalue weighted by atomic mass is 9.98. The number of esters is 1. The molecule has 0 saturated heterocycles. The first-order valence-electron chi connectivity index (χ1n) is 3.82. The third-order valence-corrected chi connectivity index (χ3v) is 1.70. The van der Waals surface area contributed by atoms with Crippen molar-refractivity contribution >= 4 is 5.97 Å². The van der Waals surface area contributed by atoms with Crippen LogP contribution in [-0.4, -0.2) is 5.97 Å². The molecule has 2 heteroatoms. The maximum Gasteiger partial charge on any atom is 0.303 e. The summed E-state index contributed by atoms with van der Waals surface area (Å²) >= 11 is 0. The molecular formula is C8H13O2. The van der Waals surface area contributed by atoms with Gasteiger partial charge in [0.25, 0.3) is 0 Å². The van der Waals surface area contributed by atoms with Crippen LogP contribution in [0.1, 0.15) is 39.0 Å². The summed E-state index contributed by atoms with van der Waals surface area (Å²) in [5.41, 5.74) is 0. The normalized spacial score (nSPS) is 20.5. The number of carbonyl (C=O) groups is 1. The molecule has 0 spiro atoms. The molecule has 0 unspecified atom stereocenters. The summed E-state index contributed by atoms with van der Waals surface area (Å²) in [7, 11) is 0. The zero-order valence-corrected chi connectivity index (χ0v) is 6.35. The summed E-state index contributed by atoms with van der Waals surface area (Å²) in [6.07, 6.45) is 6.61. The molecule has 1 aliphatic rings. The highest BCUT2D eigenvalue weighted by Crippen LogP contribution is 2.26.